The summed E-state index contributed by atoms with van der Waals surface area (Å²) in [6, 6.07) is 5.01. The highest BCUT2D eigenvalue weighted by Gasteiger charge is 2.48. The zero-order valence-corrected chi connectivity index (χ0v) is 15.9. The Hall–Kier alpha value is -1.26. The standard InChI is InChI=1S/C18H24Cl2O4/c1-4-7-10-18(16(21)23-5-2,17(22)24-6-3)12-13-8-9-14(19)11-15(13)20/h8-9,11H,4-7,10,12H2,1-3H3. The smallest absolute Gasteiger partial charge is 0.323 e. The molecule has 0 saturated carbocycles. The maximum atomic E-state index is 12.7. The van der Waals surface area contributed by atoms with Gasteiger partial charge in [0.05, 0.1) is 13.2 Å². The average Bonchev–Trinajstić information content (AvgIpc) is 2.54. The number of unbranched alkanes of at least 4 members (excludes halogenated alkanes) is 1. The zero-order chi connectivity index (χ0) is 18.2. The van der Waals surface area contributed by atoms with E-state index in [-0.39, 0.29) is 19.6 Å². The second-order valence-electron chi connectivity index (χ2n) is 5.54. The van der Waals surface area contributed by atoms with Gasteiger partial charge < -0.3 is 9.47 Å². The molecule has 1 aromatic rings. The fourth-order valence-corrected chi connectivity index (χ4v) is 3.00. The van der Waals surface area contributed by atoms with Crippen LogP contribution in [0.25, 0.3) is 0 Å². The van der Waals surface area contributed by atoms with Crippen molar-refractivity contribution < 1.29 is 19.1 Å². The number of rotatable bonds is 9. The van der Waals surface area contributed by atoms with Crippen molar-refractivity contribution in [2.45, 2.75) is 46.5 Å². The number of halogens is 2. The SMILES string of the molecule is CCCCC(Cc1ccc(Cl)cc1Cl)(C(=O)OCC)C(=O)OCC. The minimum absolute atomic E-state index is 0.126. The highest BCUT2D eigenvalue weighted by molar-refractivity contribution is 6.35. The van der Waals surface area contributed by atoms with Gasteiger partial charge in [-0.15, -0.1) is 0 Å². The third-order valence-corrected chi connectivity index (χ3v) is 4.38. The molecule has 0 N–H and O–H groups in total. The lowest BCUT2D eigenvalue weighted by Gasteiger charge is -2.29. The van der Waals surface area contributed by atoms with E-state index in [0.29, 0.717) is 28.5 Å². The summed E-state index contributed by atoms with van der Waals surface area (Å²) in [5, 5.41) is 0.909. The molecule has 24 heavy (non-hydrogen) atoms. The largest absolute Gasteiger partial charge is 0.465 e. The molecule has 0 aliphatic carbocycles. The average molecular weight is 375 g/mol. The Morgan fingerprint density at radius 3 is 2.08 bits per heavy atom. The van der Waals surface area contributed by atoms with Crippen LogP contribution in [0, 0.1) is 5.41 Å². The second-order valence-corrected chi connectivity index (χ2v) is 6.38. The lowest BCUT2D eigenvalue weighted by Crippen LogP contribution is -2.44. The van der Waals surface area contributed by atoms with E-state index < -0.39 is 17.4 Å². The summed E-state index contributed by atoms with van der Waals surface area (Å²) in [6.45, 7) is 5.81. The van der Waals surface area contributed by atoms with Crippen molar-refractivity contribution in [1.29, 1.82) is 0 Å². The van der Waals surface area contributed by atoms with E-state index in [0.717, 1.165) is 6.42 Å². The Morgan fingerprint density at radius 2 is 1.62 bits per heavy atom. The van der Waals surface area contributed by atoms with Crippen LogP contribution in [0.1, 0.15) is 45.6 Å². The number of carbonyl (C=O) groups is 2. The van der Waals surface area contributed by atoms with Gasteiger partial charge in [-0.2, -0.15) is 0 Å². The predicted molar refractivity (Wildman–Crippen MR) is 95.4 cm³/mol. The van der Waals surface area contributed by atoms with E-state index in [1.807, 2.05) is 6.92 Å². The van der Waals surface area contributed by atoms with Gasteiger partial charge in [-0.3, -0.25) is 9.59 Å². The summed E-state index contributed by atoms with van der Waals surface area (Å²) in [5.41, 5.74) is -0.724. The second kappa shape index (κ2) is 9.90. The number of benzene rings is 1. The number of carbonyl (C=O) groups excluding carboxylic acids is 2. The summed E-state index contributed by atoms with van der Waals surface area (Å²) in [6.07, 6.45) is 2.01. The monoisotopic (exact) mass is 374 g/mol. The van der Waals surface area contributed by atoms with E-state index >= 15 is 0 Å². The molecule has 0 amide bonds. The third kappa shape index (κ3) is 5.12. The summed E-state index contributed by atoms with van der Waals surface area (Å²) >= 11 is 12.2. The first-order chi connectivity index (χ1) is 11.4. The minimum atomic E-state index is -1.39. The van der Waals surface area contributed by atoms with Gasteiger partial charge in [0, 0.05) is 16.5 Å². The van der Waals surface area contributed by atoms with Crippen molar-refractivity contribution >= 4 is 35.1 Å². The Kier molecular flexibility index (Phi) is 8.57. The lowest BCUT2D eigenvalue weighted by atomic mass is 9.77. The van der Waals surface area contributed by atoms with E-state index in [1.165, 1.54) is 0 Å². The molecule has 134 valence electrons. The van der Waals surface area contributed by atoms with Gasteiger partial charge in [0.15, 0.2) is 5.41 Å². The minimum Gasteiger partial charge on any atom is -0.465 e. The molecule has 0 fully saturated rings. The van der Waals surface area contributed by atoms with Crippen LogP contribution in [0.15, 0.2) is 18.2 Å². The molecule has 4 nitrogen and oxygen atoms in total. The Bertz CT molecular complexity index is 554. The summed E-state index contributed by atoms with van der Waals surface area (Å²) in [7, 11) is 0. The van der Waals surface area contributed by atoms with Gasteiger partial charge in [0.2, 0.25) is 0 Å². The van der Waals surface area contributed by atoms with Gasteiger partial charge >= 0.3 is 11.9 Å². The first-order valence-corrected chi connectivity index (χ1v) is 8.95. The molecule has 1 aromatic carbocycles. The number of esters is 2. The van der Waals surface area contributed by atoms with Crippen LogP contribution < -0.4 is 0 Å². The van der Waals surface area contributed by atoms with Crippen molar-refractivity contribution in [2.24, 2.45) is 5.41 Å². The molecule has 0 radical (unpaired) electrons. The van der Waals surface area contributed by atoms with E-state index in [4.69, 9.17) is 32.7 Å². The molecule has 0 unspecified atom stereocenters. The molecular formula is C18H24Cl2O4. The van der Waals surface area contributed by atoms with Crippen molar-refractivity contribution in [2.75, 3.05) is 13.2 Å². The van der Waals surface area contributed by atoms with Gasteiger partial charge in [-0.05, 0) is 38.0 Å². The summed E-state index contributed by atoms with van der Waals surface area (Å²) in [4.78, 5) is 25.4. The number of hydrogen-bond donors (Lipinski definition) is 0. The fraction of sp³-hybridized carbons (Fsp3) is 0.556. The van der Waals surface area contributed by atoms with Crippen LogP contribution in [0.5, 0.6) is 0 Å². The highest BCUT2D eigenvalue weighted by atomic mass is 35.5. The molecule has 0 heterocycles. The summed E-state index contributed by atoms with van der Waals surface area (Å²) in [5.74, 6) is -1.13. The molecule has 0 aromatic heterocycles. The first kappa shape index (κ1) is 20.8. The van der Waals surface area contributed by atoms with Crippen LogP contribution in [-0.4, -0.2) is 25.2 Å². The predicted octanol–water partition coefficient (Wildman–Crippen LogP) is 4.84. The molecule has 0 spiro atoms. The van der Waals surface area contributed by atoms with Crippen LogP contribution >= 0.6 is 23.2 Å². The van der Waals surface area contributed by atoms with E-state index in [1.54, 1.807) is 32.0 Å². The van der Waals surface area contributed by atoms with Crippen LogP contribution in [0.4, 0.5) is 0 Å². The maximum absolute atomic E-state index is 12.7. The molecule has 0 aliphatic heterocycles. The van der Waals surface area contributed by atoms with Crippen molar-refractivity contribution in [3.63, 3.8) is 0 Å². The number of hydrogen-bond acceptors (Lipinski definition) is 4. The Balaban J connectivity index is 3.30. The van der Waals surface area contributed by atoms with E-state index in [9.17, 15) is 9.59 Å². The van der Waals surface area contributed by atoms with Crippen molar-refractivity contribution in [3.05, 3.63) is 33.8 Å². The van der Waals surface area contributed by atoms with Crippen molar-refractivity contribution in [1.82, 2.24) is 0 Å². The highest BCUT2D eigenvalue weighted by Crippen LogP contribution is 2.36. The molecular weight excluding hydrogens is 351 g/mol. The molecule has 0 saturated heterocycles. The van der Waals surface area contributed by atoms with Gasteiger partial charge in [0.25, 0.3) is 0 Å². The quantitative estimate of drug-likeness (QED) is 0.458. The Morgan fingerprint density at radius 1 is 1.04 bits per heavy atom. The Labute approximate surface area is 153 Å². The third-order valence-electron chi connectivity index (χ3n) is 3.80. The van der Waals surface area contributed by atoms with Gasteiger partial charge in [0.1, 0.15) is 0 Å². The molecule has 0 bridgehead atoms. The fourth-order valence-electron chi connectivity index (χ4n) is 2.53. The molecule has 0 atom stereocenters. The maximum Gasteiger partial charge on any atom is 0.323 e. The summed E-state index contributed by atoms with van der Waals surface area (Å²) < 4.78 is 10.4. The van der Waals surface area contributed by atoms with Crippen molar-refractivity contribution in [3.8, 4) is 0 Å². The van der Waals surface area contributed by atoms with Crippen LogP contribution in [0.2, 0.25) is 10.0 Å². The topological polar surface area (TPSA) is 52.6 Å². The van der Waals surface area contributed by atoms with Gasteiger partial charge in [-0.1, -0.05) is 49.0 Å². The normalized spacial score (nSPS) is 11.2. The lowest BCUT2D eigenvalue weighted by molar-refractivity contribution is -0.172. The molecule has 1 rings (SSSR count). The number of ether oxygens (including phenoxy) is 2. The van der Waals surface area contributed by atoms with Crippen LogP contribution in [-0.2, 0) is 25.5 Å². The van der Waals surface area contributed by atoms with E-state index in [2.05, 4.69) is 0 Å². The van der Waals surface area contributed by atoms with Gasteiger partial charge in [-0.25, -0.2) is 0 Å². The molecule has 6 heteroatoms. The first-order valence-electron chi connectivity index (χ1n) is 8.19. The zero-order valence-electron chi connectivity index (χ0n) is 14.4. The molecule has 0 aliphatic rings. The van der Waals surface area contributed by atoms with Crippen LogP contribution in [0.3, 0.4) is 0 Å².